The molecule has 0 unspecified atom stereocenters. The molecule has 20 heavy (non-hydrogen) atoms. The van der Waals surface area contributed by atoms with Crippen molar-refractivity contribution in [3.05, 3.63) is 28.8 Å². The molecule has 1 aliphatic carbocycles. The van der Waals surface area contributed by atoms with Crippen molar-refractivity contribution >= 4 is 17.5 Å². The molecule has 0 aliphatic heterocycles. The Morgan fingerprint density at radius 3 is 2.85 bits per heavy atom. The number of amides is 1. The lowest BCUT2D eigenvalue weighted by Gasteiger charge is -2.22. The minimum atomic E-state index is -0.152. The number of nitrogens with zero attached hydrogens (tertiary/aromatic N) is 1. The van der Waals surface area contributed by atoms with Crippen LogP contribution in [0.15, 0.2) is 18.2 Å². The van der Waals surface area contributed by atoms with Crippen molar-refractivity contribution in [2.24, 2.45) is 0 Å². The van der Waals surface area contributed by atoms with Gasteiger partial charge in [-0.25, -0.2) is 0 Å². The first kappa shape index (κ1) is 14.7. The highest BCUT2D eigenvalue weighted by Crippen LogP contribution is 2.22. The van der Waals surface area contributed by atoms with Crippen LogP contribution in [0, 0.1) is 11.3 Å². The quantitative estimate of drug-likeness (QED) is 0.928. The van der Waals surface area contributed by atoms with Gasteiger partial charge in [-0.2, -0.15) is 5.26 Å². The van der Waals surface area contributed by atoms with Crippen LogP contribution in [0.3, 0.4) is 0 Å². The van der Waals surface area contributed by atoms with Gasteiger partial charge in [0.25, 0.3) is 5.91 Å². The minimum absolute atomic E-state index is 0.0917. The van der Waals surface area contributed by atoms with Crippen LogP contribution in [-0.2, 0) is 4.79 Å². The summed E-state index contributed by atoms with van der Waals surface area (Å²) in [5.74, 6) is 0.194. The highest BCUT2D eigenvalue weighted by molar-refractivity contribution is 6.30. The van der Waals surface area contributed by atoms with Gasteiger partial charge in [0.15, 0.2) is 6.61 Å². The summed E-state index contributed by atoms with van der Waals surface area (Å²) in [5.41, 5.74) is 0.375. The Balaban J connectivity index is 1.86. The second kappa shape index (κ2) is 7.16. The maximum absolute atomic E-state index is 11.8. The summed E-state index contributed by atoms with van der Waals surface area (Å²) in [4.78, 5) is 11.8. The van der Waals surface area contributed by atoms with Crippen molar-refractivity contribution in [2.45, 2.75) is 38.1 Å². The Bertz CT molecular complexity index is 519. The van der Waals surface area contributed by atoms with Crippen LogP contribution in [0.25, 0.3) is 0 Å². The van der Waals surface area contributed by atoms with Gasteiger partial charge in [-0.05, 0) is 25.0 Å². The van der Waals surface area contributed by atoms with Crippen LogP contribution >= 0.6 is 11.6 Å². The van der Waals surface area contributed by atoms with E-state index < -0.39 is 0 Å². The third-order valence-electron chi connectivity index (χ3n) is 3.39. The first-order chi connectivity index (χ1) is 9.69. The third-order valence-corrected chi connectivity index (χ3v) is 3.63. The van der Waals surface area contributed by atoms with Crippen molar-refractivity contribution in [1.29, 1.82) is 5.26 Å². The Morgan fingerprint density at radius 2 is 2.15 bits per heavy atom. The van der Waals surface area contributed by atoms with Gasteiger partial charge in [0, 0.05) is 17.1 Å². The molecule has 106 valence electrons. The van der Waals surface area contributed by atoms with Gasteiger partial charge in [0.1, 0.15) is 11.8 Å². The molecule has 1 N–H and O–H groups in total. The fourth-order valence-corrected chi connectivity index (χ4v) is 2.53. The van der Waals surface area contributed by atoms with E-state index in [1.165, 1.54) is 19.3 Å². The maximum atomic E-state index is 11.8. The van der Waals surface area contributed by atoms with Crippen molar-refractivity contribution in [3.63, 3.8) is 0 Å². The molecule has 0 bridgehead atoms. The van der Waals surface area contributed by atoms with Gasteiger partial charge in [0.2, 0.25) is 0 Å². The molecule has 0 atom stereocenters. The average molecular weight is 293 g/mol. The number of halogens is 1. The van der Waals surface area contributed by atoms with Crippen molar-refractivity contribution in [3.8, 4) is 11.8 Å². The van der Waals surface area contributed by atoms with Gasteiger partial charge in [-0.3, -0.25) is 4.79 Å². The SMILES string of the molecule is N#Cc1ccc(Cl)cc1OCC(=O)NC1CCCCC1. The van der Waals surface area contributed by atoms with Crippen LogP contribution in [0.2, 0.25) is 5.02 Å². The molecule has 2 rings (SSSR count). The fraction of sp³-hybridized carbons (Fsp3) is 0.467. The summed E-state index contributed by atoms with van der Waals surface area (Å²) in [5, 5.41) is 12.4. The van der Waals surface area contributed by atoms with Crippen LogP contribution in [0.1, 0.15) is 37.7 Å². The smallest absolute Gasteiger partial charge is 0.258 e. The molecule has 0 aromatic heterocycles. The molecule has 1 aliphatic rings. The molecule has 0 radical (unpaired) electrons. The Morgan fingerprint density at radius 1 is 1.40 bits per heavy atom. The number of nitriles is 1. The average Bonchev–Trinajstić information content (AvgIpc) is 2.46. The Labute approximate surface area is 123 Å². The summed E-state index contributed by atoms with van der Waals surface area (Å²) in [6.07, 6.45) is 5.65. The highest BCUT2D eigenvalue weighted by Gasteiger charge is 2.16. The summed E-state index contributed by atoms with van der Waals surface area (Å²) >= 11 is 5.85. The number of ether oxygens (including phenoxy) is 1. The van der Waals surface area contributed by atoms with Crippen LogP contribution in [0.4, 0.5) is 0 Å². The first-order valence-corrected chi connectivity index (χ1v) is 7.18. The normalized spacial score (nSPS) is 15.4. The van der Waals surface area contributed by atoms with E-state index >= 15 is 0 Å². The monoisotopic (exact) mass is 292 g/mol. The zero-order chi connectivity index (χ0) is 14.4. The lowest BCUT2D eigenvalue weighted by atomic mass is 9.95. The number of carbonyl (C=O) groups excluding carboxylic acids is 1. The Kier molecular flexibility index (Phi) is 5.25. The van der Waals surface area contributed by atoms with Gasteiger partial charge >= 0.3 is 0 Å². The second-order valence-corrected chi connectivity index (χ2v) is 5.38. The molecule has 1 aromatic rings. The number of rotatable bonds is 4. The molecule has 1 aromatic carbocycles. The van der Waals surface area contributed by atoms with Gasteiger partial charge in [-0.15, -0.1) is 0 Å². The van der Waals surface area contributed by atoms with E-state index in [-0.39, 0.29) is 18.6 Å². The van der Waals surface area contributed by atoms with E-state index in [0.29, 0.717) is 16.3 Å². The number of hydrogen-bond acceptors (Lipinski definition) is 3. The molecule has 1 fully saturated rings. The third kappa shape index (κ3) is 4.14. The lowest BCUT2D eigenvalue weighted by molar-refractivity contribution is -0.124. The maximum Gasteiger partial charge on any atom is 0.258 e. The van der Waals surface area contributed by atoms with Crippen molar-refractivity contribution in [1.82, 2.24) is 5.32 Å². The second-order valence-electron chi connectivity index (χ2n) is 4.94. The summed E-state index contributed by atoms with van der Waals surface area (Å²) in [6.45, 7) is -0.0917. The zero-order valence-electron chi connectivity index (χ0n) is 11.2. The largest absolute Gasteiger partial charge is 0.482 e. The molecule has 0 heterocycles. The predicted octanol–water partition coefficient (Wildman–Crippen LogP) is 3.04. The number of carbonyl (C=O) groups is 1. The van der Waals surface area contributed by atoms with Crippen LogP contribution < -0.4 is 10.1 Å². The molecule has 1 amide bonds. The molecule has 1 saturated carbocycles. The topological polar surface area (TPSA) is 62.1 Å². The lowest BCUT2D eigenvalue weighted by Crippen LogP contribution is -2.39. The van der Waals surface area contributed by atoms with E-state index in [1.807, 2.05) is 6.07 Å². The fourth-order valence-electron chi connectivity index (χ4n) is 2.37. The molecule has 0 spiro atoms. The molecular weight excluding hydrogens is 276 g/mol. The zero-order valence-corrected chi connectivity index (χ0v) is 11.9. The first-order valence-electron chi connectivity index (χ1n) is 6.81. The van der Waals surface area contributed by atoms with E-state index in [1.54, 1.807) is 18.2 Å². The van der Waals surface area contributed by atoms with E-state index in [4.69, 9.17) is 21.6 Å². The van der Waals surface area contributed by atoms with E-state index in [9.17, 15) is 4.79 Å². The van der Waals surface area contributed by atoms with Crippen molar-refractivity contribution in [2.75, 3.05) is 6.61 Å². The molecule has 0 saturated heterocycles. The van der Waals surface area contributed by atoms with E-state index in [0.717, 1.165) is 12.8 Å². The van der Waals surface area contributed by atoms with E-state index in [2.05, 4.69) is 5.32 Å². The van der Waals surface area contributed by atoms with Crippen LogP contribution in [0.5, 0.6) is 5.75 Å². The Hall–Kier alpha value is -1.73. The number of nitrogens with one attached hydrogen (secondary N) is 1. The van der Waals surface area contributed by atoms with Gasteiger partial charge in [0.05, 0.1) is 5.56 Å². The standard InChI is InChI=1S/C15H17ClN2O2/c16-12-7-6-11(9-17)14(8-12)20-10-15(19)18-13-4-2-1-3-5-13/h6-8,13H,1-5,10H2,(H,18,19). The predicted molar refractivity (Wildman–Crippen MR) is 76.7 cm³/mol. The van der Waals surface area contributed by atoms with Gasteiger partial charge < -0.3 is 10.1 Å². The molecule has 4 nitrogen and oxygen atoms in total. The number of hydrogen-bond donors (Lipinski definition) is 1. The summed E-state index contributed by atoms with van der Waals surface area (Å²) < 4.78 is 5.39. The highest BCUT2D eigenvalue weighted by atomic mass is 35.5. The molecule has 5 heteroatoms. The molecular formula is C15H17ClN2O2. The van der Waals surface area contributed by atoms with Crippen molar-refractivity contribution < 1.29 is 9.53 Å². The minimum Gasteiger partial charge on any atom is -0.482 e. The summed E-state index contributed by atoms with van der Waals surface area (Å²) in [6, 6.07) is 7.02. The van der Waals surface area contributed by atoms with Crippen LogP contribution in [-0.4, -0.2) is 18.6 Å². The summed E-state index contributed by atoms with van der Waals surface area (Å²) in [7, 11) is 0. The van der Waals surface area contributed by atoms with Gasteiger partial charge in [-0.1, -0.05) is 30.9 Å². The number of benzene rings is 1.